The molecular weight excluding hydrogens is 605 g/mol. The Kier molecular flexibility index (Phi) is 6.67. The molecule has 0 fully saturated rings. The van der Waals surface area contributed by atoms with Gasteiger partial charge < -0.3 is 9.13 Å². The van der Waals surface area contributed by atoms with Crippen LogP contribution in [0.1, 0.15) is 23.2 Å². The van der Waals surface area contributed by atoms with Crippen molar-refractivity contribution in [3.05, 3.63) is 193 Å². The third-order valence-electron chi connectivity index (χ3n) is 10.5. The van der Waals surface area contributed by atoms with Gasteiger partial charge in [-0.05, 0) is 100 Å². The molecule has 2 heteroatoms. The van der Waals surface area contributed by atoms with Gasteiger partial charge in [-0.2, -0.15) is 0 Å². The molecule has 1 aliphatic carbocycles. The smallest absolute Gasteiger partial charge is 0.0547 e. The fraction of sp³-hybridized carbons (Fsp3) is 0.0417. The molecule has 0 saturated heterocycles. The van der Waals surface area contributed by atoms with Crippen LogP contribution < -0.4 is 0 Å². The SMILES string of the molecule is C1=C(c2ccccc2)CCc2c1n(-c1ccc(-c3ccc(-n4c5ccccc5c5ccc(-c6ccccc6)cc54)cc3)cc1)c1ccccc21. The van der Waals surface area contributed by atoms with Gasteiger partial charge in [-0.15, -0.1) is 0 Å². The van der Waals surface area contributed by atoms with Gasteiger partial charge in [-0.1, -0.05) is 133 Å². The van der Waals surface area contributed by atoms with Crippen molar-refractivity contribution in [2.24, 2.45) is 0 Å². The van der Waals surface area contributed by atoms with Gasteiger partial charge in [-0.3, -0.25) is 0 Å². The minimum Gasteiger partial charge on any atom is -0.310 e. The van der Waals surface area contributed by atoms with Crippen molar-refractivity contribution in [2.75, 3.05) is 0 Å². The Morgan fingerprint density at radius 1 is 0.340 bits per heavy atom. The molecule has 0 aliphatic heterocycles. The molecule has 0 N–H and O–H groups in total. The van der Waals surface area contributed by atoms with Crippen LogP contribution in [0.3, 0.4) is 0 Å². The molecule has 1 aliphatic rings. The van der Waals surface area contributed by atoms with Crippen molar-refractivity contribution in [2.45, 2.75) is 12.8 Å². The Hall–Kier alpha value is -6.38. The van der Waals surface area contributed by atoms with Crippen molar-refractivity contribution >= 4 is 44.4 Å². The number of rotatable bonds is 5. The van der Waals surface area contributed by atoms with Gasteiger partial charge in [0.05, 0.1) is 22.2 Å². The number of para-hydroxylation sites is 2. The summed E-state index contributed by atoms with van der Waals surface area (Å²) in [6.07, 6.45) is 4.52. The number of fused-ring (bicyclic) bond motifs is 6. The van der Waals surface area contributed by atoms with Gasteiger partial charge in [0.1, 0.15) is 0 Å². The average Bonchev–Trinajstić information content (AvgIpc) is 3.71. The van der Waals surface area contributed by atoms with Crippen LogP contribution in [0, 0.1) is 0 Å². The van der Waals surface area contributed by atoms with Crippen LogP contribution in [0.25, 0.3) is 78.0 Å². The lowest BCUT2D eigenvalue weighted by molar-refractivity contribution is 0.980. The summed E-state index contributed by atoms with van der Waals surface area (Å²) in [6.45, 7) is 0. The highest BCUT2D eigenvalue weighted by molar-refractivity contribution is 6.10. The number of hydrogen-bond donors (Lipinski definition) is 0. The summed E-state index contributed by atoms with van der Waals surface area (Å²) >= 11 is 0. The molecule has 10 rings (SSSR count). The average molecular weight is 639 g/mol. The summed E-state index contributed by atoms with van der Waals surface area (Å²) < 4.78 is 4.85. The summed E-state index contributed by atoms with van der Waals surface area (Å²) in [5.41, 5.74) is 16.4. The Morgan fingerprint density at radius 2 is 0.840 bits per heavy atom. The summed E-state index contributed by atoms with van der Waals surface area (Å²) in [7, 11) is 0. The zero-order valence-corrected chi connectivity index (χ0v) is 27.6. The molecule has 7 aromatic carbocycles. The molecule has 0 atom stereocenters. The van der Waals surface area contributed by atoms with E-state index in [1.165, 1.54) is 83.0 Å². The van der Waals surface area contributed by atoms with E-state index in [0.29, 0.717) is 0 Å². The molecule has 9 aromatic rings. The molecule has 2 nitrogen and oxygen atoms in total. The fourth-order valence-corrected chi connectivity index (χ4v) is 8.06. The number of allylic oxidation sites excluding steroid dienone is 1. The molecule has 0 spiro atoms. The van der Waals surface area contributed by atoms with Crippen molar-refractivity contribution in [3.8, 4) is 33.6 Å². The maximum Gasteiger partial charge on any atom is 0.0547 e. The van der Waals surface area contributed by atoms with E-state index in [1.54, 1.807) is 0 Å². The predicted octanol–water partition coefficient (Wildman–Crippen LogP) is 12.5. The number of hydrogen-bond acceptors (Lipinski definition) is 0. The number of aryl methyl sites for hydroxylation is 1. The Morgan fingerprint density at radius 3 is 1.52 bits per heavy atom. The van der Waals surface area contributed by atoms with Crippen LogP contribution >= 0.6 is 0 Å². The van der Waals surface area contributed by atoms with Crippen LogP contribution in [0.5, 0.6) is 0 Å². The van der Waals surface area contributed by atoms with E-state index in [1.807, 2.05) is 0 Å². The largest absolute Gasteiger partial charge is 0.310 e. The van der Waals surface area contributed by atoms with Gasteiger partial charge in [0.25, 0.3) is 0 Å². The predicted molar refractivity (Wildman–Crippen MR) is 211 cm³/mol. The van der Waals surface area contributed by atoms with Crippen LogP contribution in [-0.4, -0.2) is 9.13 Å². The standard InChI is InChI=1S/C48H34N2/c1-3-11-33(12-4-1)37-23-29-43-41-15-7-9-17-45(41)49(47(43)31-37)39-25-19-35(20-26-39)36-21-27-40(28-22-36)50-46-18-10-8-16-42(46)44-30-24-38(32-48(44)50)34-13-5-2-6-14-34/h1-23,25-29,31-32H,24,30H2. The first-order valence-electron chi connectivity index (χ1n) is 17.5. The molecule has 0 saturated carbocycles. The first-order valence-corrected chi connectivity index (χ1v) is 17.5. The second-order valence-corrected chi connectivity index (χ2v) is 13.3. The van der Waals surface area contributed by atoms with E-state index < -0.39 is 0 Å². The van der Waals surface area contributed by atoms with Crippen LogP contribution in [0.15, 0.2) is 176 Å². The van der Waals surface area contributed by atoms with Crippen molar-refractivity contribution in [3.63, 3.8) is 0 Å². The van der Waals surface area contributed by atoms with Crippen molar-refractivity contribution in [1.29, 1.82) is 0 Å². The Balaban J connectivity index is 1.03. The maximum absolute atomic E-state index is 2.45. The van der Waals surface area contributed by atoms with Gasteiger partial charge >= 0.3 is 0 Å². The second kappa shape index (κ2) is 11.6. The highest BCUT2D eigenvalue weighted by atomic mass is 15.0. The summed E-state index contributed by atoms with van der Waals surface area (Å²) in [4.78, 5) is 0. The molecule has 2 aromatic heterocycles. The number of benzene rings is 7. The van der Waals surface area contributed by atoms with Gasteiger partial charge in [0, 0.05) is 27.5 Å². The van der Waals surface area contributed by atoms with E-state index >= 15 is 0 Å². The van der Waals surface area contributed by atoms with Gasteiger partial charge in [0.2, 0.25) is 0 Å². The minimum absolute atomic E-state index is 1.05. The summed E-state index contributed by atoms with van der Waals surface area (Å²) in [5, 5.41) is 3.89. The highest BCUT2D eigenvalue weighted by Crippen LogP contribution is 2.39. The van der Waals surface area contributed by atoms with Crippen LogP contribution in [0.4, 0.5) is 0 Å². The molecule has 0 amide bonds. The monoisotopic (exact) mass is 638 g/mol. The molecule has 236 valence electrons. The number of nitrogens with zero attached hydrogens (tertiary/aromatic N) is 2. The minimum atomic E-state index is 1.05. The molecule has 0 bridgehead atoms. The lowest BCUT2D eigenvalue weighted by Crippen LogP contribution is -2.03. The Bertz CT molecular complexity index is 2710. The summed E-state index contributed by atoms with van der Waals surface area (Å²) in [6, 6.07) is 64.0. The van der Waals surface area contributed by atoms with E-state index in [0.717, 1.165) is 18.5 Å². The van der Waals surface area contributed by atoms with Gasteiger partial charge in [0.15, 0.2) is 0 Å². The molecular formula is C48H34N2. The molecule has 0 unspecified atom stereocenters. The van der Waals surface area contributed by atoms with E-state index in [-0.39, 0.29) is 0 Å². The van der Waals surface area contributed by atoms with Gasteiger partial charge in [-0.25, -0.2) is 0 Å². The molecule has 2 heterocycles. The van der Waals surface area contributed by atoms with E-state index in [4.69, 9.17) is 0 Å². The summed E-state index contributed by atoms with van der Waals surface area (Å²) in [5.74, 6) is 0. The zero-order valence-electron chi connectivity index (χ0n) is 27.6. The van der Waals surface area contributed by atoms with Crippen molar-refractivity contribution < 1.29 is 0 Å². The lowest BCUT2D eigenvalue weighted by atomic mass is 9.91. The lowest BCUT2D eigenvalue weighted by Gasteiger charge is -2.17. The van der Waals surface area contributed by atoms with Crippen molar-refractivity contribution in [1.82, 2.24) is 9.13 Å². The van der Waals surface area contributed by atoms with Crippen LogP contribution in [-0.2, 0) is 6.42 Å². The second-order valence-electron chi connectivity index (χ2n) is 13.3. The first kappa shape index (κ1) is 28.6. The quantitative estimate of drug-likeness (QED) is 0.178. The normalized spacial score (nSPS) is 12.8. The fourth-order valence-electron chi connectivity index (χ4n) is 8.06. The van der Waals surface area contributed by atoms with Crippen LogP contribution in [0.2, 0.25) is 0 Å². The first-order chi connectivity index (χ1) is 24.8. The third-order valence-corrected chi connectivity index (χ3v) is 10.5. The molecule has 50 heavy (non-hydrogen) atoms. The Labute approximate surface area is 291 Å². The van der Waals surface area contributed by atoms with E-state index in [2.05, 4.69) is 191 Å². The topological polar surface area (TPSA) is 9.86 Å². The third kappa shape index (κ3) is 4.64. The zero-order chi connectivity index (χ0) is 33.0. The maximum atomic E-state index is 2.45. The number of aromatic nitrogens is 2. The van der Waals surface area contributed by atoms with E-state index in [9.17, 15) is 0 Å². The molecule has 0 radical (unpaired) electrons. The highest BCUT2D eigenvalue weighted by Gasteiger charge is 2.21.